The highest BCUT2D eigenvalue weighted by Gasteiger charge is 2.16. The number of carboxylic acid groups (broad SMARTS) is 1. The van der Waals surface area contributed by atoms with Crippen molar-refractivity contribution in [2.75, 3.05) is 13.7 Å². The number of methoxy groups -OCH3 is 1. The lowest BCUT2D eigenvalue weighted by molar-refractivity contribution is -0.148. The smallest absolute Gasteiger partial charge is 0.334 e. The Hall–Kier alpha value is -1.54. The fraction of sp³-hybridized carbons (Fsp3) is 0.556. The van der Waals surface area contributed by atoms with Crippen LogP contribution in [0.15, 0.2) is 0 Å². The first-order valence-electron chi connectivity index (χ1n) is 4.07. The molecule has 0 aromatic heterocycles. The third-order valence-electron chi connectivity index (χ3n) is 1.54. The molecule has 1 unspecified atom stereocenters. The molecule has 0 aliphatic heterocycles. The number of carbonyl (C=O) groups is 2. The fourth-order valence-electron chi connectivity index (χ4n) is 0.752. The van der Waals surface area contributed by atoms with Gasteiger partial charge in [-0.1, -0.05) is 0 Å². The maximum absolute atomic E-state index is 11.0. The molecule has 2 N–H and O–H groups in total. The third-order valence-corrected chi connectivity index (χ3v) is 1.54. The zero-order valence-electron chi connectivity index (χ0n) is 7.95. The van der Waals surface area contributed by atoms with Crippen molar-refractivity contribution in [2.24, 2.45) is 0 Å². The Labute approximate surface area is 82.4 Å². The number of rotatable bonds is 6. The second kappa shape index (κ2) is 6.92. The van der Waals surface area contributed by atoms with Crippen molar-refractivity contribution in [1.29, 1.82) is 0 Å². The van der Waals surface area contributed by atoms with E-state index < -0.39 is 12.1 Å². The van der Waals surface area contributed by atoms with Crippen LogP contribution in [0.5, 0.6) is 0 Å². The van der Waals surface area contributed by atoms with Gasteiger partial charge in [0.1, 0.15) is 0 Å². The van der Waals surface area contributed by atoms with Gasteiger partial charge >= 0.3 is 5.97 Å². The van der Waals surface area contributed by atoms with Gasteiger partial charge in [0.25, 0.3) is 0 Å². The van der Waals surface area contributed by atoms with Crippen LogP contribution in [0.2, 0.25) is 0 Å². The molecule has 0 saturated heterocycles. The molecular weight excluding hydrogens is 186 g/mol. The van der Waals surface area contributed by atoms with Crippen LogP contribution in [-0.4, -0.2) is 36.7 Å². The second-order valence-electron chi connectivity index (χ2n) is 2.57. The largest absolute Gasteiger partial charge is 0.479 e. The van der Waals surface area contributed by atoms with E-state index in [0.29, 0.717) is 6.42 Å². The van der Waals surface area contributed by atoms with Crippen molar-refractivity contribution in [1.82, 2.24) is 5.32 Å². The average Bonchev–Trinajstić information content (AvgIpc) is 2.15. The van der Waals surface area contributed by atoms with Crippen molar-refractivity contribution in [3.05, 3.63) is 0 Å². The molecule has 0 saturated carbocycles. The van der Waals surface area contributed by atoms with Crippen LogP contribution in [0, 0.1) is 12.3 Å². The van der Waals surface area contributed by atoms with Gasteiger partial charge in [0.15, 0.2) is 6.10 Å². The topological polar surface area (TPSA) is 75.6 Å². The van der Waals surface area contributed by atoms with E-state index in [0.717, 1.165) is 0 Å². The monoisotopic (exact) mass is 199 g/mol. The highest BCUT2D eigenvalue weighted by Crippen LogP contribution is 1.90. The van der Waals surface area contributed by atoms with Gasteiger partial charge in [-0.3, -0.25) is 4.79 Å². The number of terminal acetylenes is 1. The molecule has 0 rings (SSSR count). The second-order valence-corrected chi connectivity index (χ2v) is 2.57. The number of amides is 1. The van der Waals surface area contributed by atoms with Crippen LogP contribution in [0.4, 0.5) is 0 Å². The van der Waals surface area contributed by atoms with Gasteiger partial charge in [-0.15, -0.1) is 12.3 Å². The molecule has 1 amide bonds. The van der Waals surface area contributed by atoms with E-state index in [-0.39, 0.29) is 18.9 Å². The normalized spacial score (nSPS) is 11.4. The summed E-state index contributed by atoms with van der Waals surface area (Å²) in [5.74, 6) is 0.936. The number of aliphatic carboxylic acids is 1. The fourth-order valence-corrected chi connectivity index (χ4v) is 0.752. The highest BCUT2D eigenvalue weighted by molar-refractivity contribution is 5.78. The van der Waals surface area contributed by atoms with E-state index in [2.05, 4.69) is 16.0 Å². The SMILES string of the molecule is C#CCCC(=O)NCC(OC)C(=O)O. The molecule has 0 fully saturated rings. The van der Waals surface area contributed by atoms with Crippen LogP contribution >= 0.6 is 0 Å². The van der Waals surface area contributed by atoms with Crippen LogP contribution in [-0.2, 0) is 14.3 Å². The molecule has 0 aliphatic rings. The molecular formula is C9H13NO4. The minimum Gasteiger partial charge on any atom is -0.479 e. The Kier molecular flexibility index (Phi) is 6.16. The first-order valence-corrected chi connectivity index (χ1v) is 4.07. The molecule has 0 aromatic carbocycles. The van der Waals surface area contributed by atoms with Gasteiger partial charge in [-0.05, 0) is 0 Å². The Morgan fingerprint density at radius 1 is 1.64 bits per heavy atom. The Balaban J connectivity index is 3.75. The van der Waals surface area contributed by atoms with Crippen LogP contribution in [0.1, 0.15) is 12.8 Å². The molecule has 5 heteroatoms. The number of carbonyl (C=O) groups excluding carboxylic acids is 1. The molecule has 78 valence electrons. The zero-order valence-corrected chi connectivity index (χ0v) is 7.95. The van der Waals surface area contributed by atoms with Gasteiger partial charge in [-0.2, -0.15) is 0 Å². The quantitative estimate of drug-likeness (QED) is 0.571. The molecule has 1 atom stereocenters. The van der Waals surface area contributed by atoms with Gasteiger partial charge < -0.3 is 15.2 Å². The van der Waals surface area contributed by atoms with Crippen molar-refractivity contribution >= 4 is 11.9 Å². The lowest BCUT2D eigenvalue weighted by atomic mass is 10.3. The van der Waals surface area contributed by atoms with Crippen molar-refractivity contribution < 1.29 is 19.4 Å². The van der Waals surface area contributed by atoms with E-state index in [1.165, 1.54) is 7.11 Å². The lowest BCUT2D eigenvalue weighted by Gasteiger charge is -2.10. The van der Waals surface area contributed by atoms with Gasteiger partial charge in [-0.25, -0.2) is 4.79 Å². The van der Waals surface area contributed by atoms with E-state index in [1.807, 2.05) is 0 Å². The molecule has 0 aromatic rings. The van der Waals surface area contributed by atoms with Gasteiger partial charge in [0, 0.05) is 20.0 Å². The maximum atomic E-state index is 11.0. The number of hydrogen-bond acceptors (Lipinski definition) is 3. The first kappa shape index (κ1) is 12.5. The summed E-state index contributed by atoms with van der Waals surface area (Å²) < 4.78 is 4.61. The standard InChI is InChI=1S/C9H13NO4/c1-3-4-5-8(11)10-6-7(14-2)9(12)13/h1,7H,4-6H2,2H3,(H,10,11)(H,12,13). The molecule has 0 bridgehead atoms. The molecule has 14 heavy (non-hydrogen) atoms. The number of hydrogen-bond donors (Lipinski definition) is 2. The minimum atomic E-state index is -1.11. The van der Waals surface area contributed by atoms with Crippen molar-refractivity contribution in [2.45, 2.75) is 18.9 Å². The summed E-state index contributed by atoms with van der Waals surface area (Å²) in [6.07, 6.45) is 4.49. The zero-order chi connectivity index (χ0) is 11.0. The molecule has 0 aliphatic carbocycles. The van der Waals surface area contributed by atoms with Gasteiger partial charge in [0.05, 0.1) is 6.54 Å². The number of carboxylic acids is 1. The van der Waals surface area contributed by atoms with Crippen molar-refractivity contribution in [3.63, 3.8) is 0 Å². The Morgan fingerprint density at radius 2 is 2.29 bits per heavy atom. The Morgan fingerprint density at radius 3 is 2.71 bits per heavy atom. The number of nitrogens with one attached hydrogen (secondary N) is 1. The number of ether oxygens (including phenoxy) is 1. The summed E-state index contributed by atoms with van der Waals surface area (Å²) in [4.78, 5) is 21.4. The van der Waals surface area contributed by atoms with E-state index in [1.54, 1.807) is 0 Å². The predicted octanol–water partition coefficient (Wildman–Crippen LogP) is -0.384. The van der Waals surface area contributed by atoms with Crippen LogP contribution < -0.4 is 5.32 Å². The van der Waals surface area contributed by atoms with Crippen LogP contribution in [0.25, 0.3) is 0 Å². The summed E-state index contributed by atoms with van der Waals surface area (Å²) in [6.45, 7) is -0.0464. The highest BCUT2D eigenvalue weighted by atomic mass is 16.5. The maximum Gasteiger partial charge on any atom is 0.334 e. The summed E-state index contributed by atoms with van der Waals surface area (Å²) >= 11 is 0. The van der Waals surface area contributed by atoms with E-state index in [9.17, 15) is 9.59 Å². The van der Waals surface area contributed by atoms with E-state index >= 15 is 0 Å². The molecule has 0 spiro atoms. The van der Waals surface area contributed by atoms with Crippen molar-refractivity contribution in [3.8, 4) is 12.3 Å². The molecule has 0 heterocycles. The minimum absolute atomic E-state index is 0.0464. The Bertz CT molecular complexity index is 244. The predicted molar refractivity (Wildman–Crippen MR) is 49.5 cm³/mol. The summed E-state index contributed by atoms with van der Waals surface area (Å²) in [5.41, 5.74) is 0. The van der Waals surface area contributed by atoms with E-state index in [4.69, 9.17) is 11.5 Å². The van der Waals surface area contributed by atoms with Crippen LogP contribution in [0.3, 0.4) is 0 Å². The van der Waals surface area contributed by atoms with Gasteiger partial charge in [0.2, 0.25) is 5.91 Å². The third kappa shape index (κ3) is 5.17. The lowest BCUT2D eigenvalue weighted by Crippen LogP contribution is -2.37. The summed E-state index contributed by atoms with van der Waals surface area (Å²) in [5, 5.41) is 11.0. The molecule has 0 radical (unpaired) electrons. The summed E-state index contributed by atoms with van der Waals surface area (Å²) in [7, 11) is 1.27. The first-order chi connectivity index (χ1) is 6.61. The average molecular weight is 199 g/mol. The molecule has 5 nitrogen and oxygen atoms in total. The summed E-state index contributed by atoms with van der Waals surface area (Å²) in [6, 6.07) is 0.